The first-order chi connectivity index (χ1) is 11.1. The van der Waals surface area contributed by atoms with Gasteiger partial charge in [0.2, 0.25) is 5.91 Å². The van der Waals surface area contributed by atoms with Crippen LogP contribution >= 0.6 is 15.9 Å². The number of nitrogens with one attached hydrogen (secondary N) is 1. The molecule has 118 valence electrons. The molecule has 4 heteroatoms. The quantitative estimate of drug-likeness (QED) is 0.807. The lowest BCUT2D eigenvalue weighted by Gasteiger charge is -2.26. The van der Waals surface area contributed by atoms with Gasteiger partial charge in [0, 0.05) is 22.5 Å². The Bertz CT molecular complexity index is 740. The van der Waals surface area contributed by atoms with Crippen molar-refractivity contribution in [1.29, 1.82) is 0 Å². The highest BCUT2D eigenvalue weighted by Gasteiger charge is 2.22. The molecule has 1 atom stereocenters. The maximum Gasteiger partial charge on any atom is 0.244 e. The fraction of sp³-hybridized carbons (Fsp3) is 0.211. The van der Waals surface area contributed by atoms with E-state index in [4.69, 9.17) is 4.74 Å². The first-order valence-corrected chi connectivity index (χ1v) is 8.39. The van der Waals surface area contributed by atoms with E-state index in [-0.39, 0.29) is 11.9 Å². The molecule has 1 aliphatic rings. The Balaban J connectivity index is 1.76. The molecule has 0 bridgehead atoms. The number of allylic oxidation sites excluding steroid dienone is 1. The standard InChI is InChI=1S/C19H18BrNO2/c1-13(14-5-3-2-4-6-14)11-19(22)21-17-9-10-23-18-8-7-15(20)12-16(17)18/h2-8,11-12,17H,9-10H2,1H3,(H,21,22)/b13-11-. The van der Waals surface area contributed by atoms with Crippen LogP contribution < -0.4 is 10.1 Å². The predicted octanol–water partition coefficient (Wildman–Crippen LogP) is 4.49. The average Bonchev–Trinajstić information content (AvgIpc) is 2.56. The summed E-state index contributed by atoms with van der Waals surface area (Å²) in [6.07, 6.45) is 2.43. The molecule has 3 nitrogen and oxygen atoms in total. The van der Waals surface area contributed by atoms with Crippen LogP contribution in [-0.2, 0) is 4.79 Å². The zero-order valence-corrected chi connectivity index (χ0v) is 14.5. The number of carbonyl (C=O) groups excluding carboxylic acids is 1. The Morgan fingerprint density at radius 1 is 1.26 bits per heavy atom. The van der Waals surface area contributed by atoms with Crippen LogP contribution in [0, 0.1) is 0 Å². The van der Waals surface area contributed by atoms with Crippen LogP contribution in [0.4, 0.5) is 0 Å². The van der Waals surface area contributed by atoms with Crippen LogP contribution in [0.3, 0.4) is 0 Å². The maximum absolute atomic E-state index is 12.3. The predicted molar refractivity (Wildman–Crippen MR) is 95.2 cm³/mol. The van der Waals surface area contributed by atoms with Gasteiger partial charge in [-0.2, -0.15) is 0 Å². The fourth-order valence-electron chi connectivity index (χ4n) is 2.71. The summed E-state index contributed by atoms with van der Waals surface area (Å²) in [6.45, 7) is 2.56. The van der Waals surface area contributed by atoms with Crippen molar-refractivity contribution in [1.82, 2.24) is 5.32 Å². The van der Waals surface area contributed by atoms with Crippen molar-refractivity contribution in [2.75, 3.05) is 6.61 Å². The lowest BCUT2D eigenvalue weighted by molar-refractivity contribution is -0.117. The summed E-state index contributed by atoms with van der Waals surface area (Å²) in [5, 5.41) is 3.09. The van der Waals surface area contributed by atoms with E-state index in [2.05, 4.69) is 21.2 Å². The molecule has 0 aliphatic carbocycles. The summed E-state index contributed by atoms with van der Waals surface area (Å²) in [4.78, 5) is 12.3. The molecule has 0 saturated heterocycles. The first kappa shape index (κ1) is 15.8. The second-order valence-corrected chi connectivity index (χ2v) is 6.49. The van der Waals surface area contributed by atoms with E-state index in [0.717, 1.165) is 33.3 Å². The number of carbonyl (C=O) groups is 1. The van der Waals surface area contributed by atoms with Crippen LogP contribution in [0.5, 0.6) is 5.75 Å². The summed E-state index contributed by atoms with van der Waals surface area (Å²) in [5.41, 5.74) is 3.02. The van der Waals surface area contributed by atoms with E-state index < -0.39 is 0 Å². The molecule has 1 heterocycles. The Morgan fingerprint density at radius 3 is 2.83 bits per heavy atom. The molecule has 3 rings (SSSR count). The SMILES string of the molecule is C/C(=C/C(=O)NC1CCOc2ccc(Br)cc21)c1ccccc1. The van der Waals surface area contributed by atoms with Crippen molar-refractivity contribution >= 4 is 27.4 Å². The average molecular weight is 372 g/mol. The van der Waals surface area contributed by atoms with Gasteiger partial charge in [0.15, 0.2) is 0 Å². The number of hydrogen-bond donors (Lipinski definition) is 1. The molecular formula is C19H18BrNO2. The van der Waals surface area contributed by atoms with Gasteiger partial charge < -0.3 is 10.1 Å². The molecule has 23 heavy (non-hydrogen) atoms. The Morgan fingerprint density at radius 2 is 2.04 bits per heavy atom. The highest BCUT2D eigenvalue weighted by molar-refractivity contribution is 9.10. The van der Waals surface area contributed by atoms with Crippen LogP contribution in [0.2, 0.25) is 0 Å². The molecule has 0 saturated carbocycles. The third kappa shape index (κ3) is 3.82. The van der Waals surface area contributed by atoms with Gasteiger partial charge in [-0.05, 0) is 36.3 Å². The van der Waals surface area contributed by atoms with E-state index >= 15 is 0 Å². The zero-order chi connectivity index (χ0) is 16.2. The molecule has 2 aromatic carbocycles. The summed E-state index contributed by atoms with van der Waals surface area (Å²) < 4.78 is 6.64. The molecule has 0 fully saturated rings. The van der Waals surface area contributed by atoms with E-state index in [9.17, 15) is 4.79 Å². The van der Waals surface area contributed by atoms with Crippen molar-refractivity contribution in [2.24, 2.45) is 0 Å². The van der Waals surface area contributed by atoms with Crippen molar-refractivity contribution < 1.29 is 9.53 Å². The zero-order valence-electron chi connectivity index (χ0n) is 12.9. The largest absolute Gasteiger partial charge is 0.493 e. The third-order valence-electron chi connectivity index (χ3n) is 3.90. The molecule has 1 amide bonds. The van der Waals surface area contributed by atoms with Gasteiger partial charge in [0.25, 0.3) is 0 Å². The summed E-state index contributed by atoms with van der Waals surface area (Å²) in [5.74, 6) is 0.762. The van der Waals surface area contributed by atoms with Crippen molar-refractivity contribution in [3.05, 3.63) is 70.2 Å². The summed E-state index contributed by atoms with van der Waals surface area (Å²) in [7, 11) is 0. The number of amides is 1. The molecular weight excluding hydrogens is 354 g/mol. The second kappa shape index (κ2) is 7.01. The maximum atomic E-state index is 12.3. The minimum atomic E-state index is -0.0795. The molecule has 0 spiro atoms. The van der Waals surface area contributed by atoms with Gasteiger partial charge in [-0.3, -0.25) is 4.79 Å². The van der Waals surface area contributed by atoms with E-state index in [1.165, 1.54) is 0 Å². The number of halogens is 1. The van der Waals surface area contributed by atoms with E-state index in [1.54, 1.807) is 6.08 Å². The smallest absolute Gasteiger partial charge is 0.244 e. The second-order valence-electron chi connectivity index (χ2n) is 5.57. The Kier molecular flexibility index (Phi) is 4.82. The topological polar surface area (TPSA) is 38.3 Å². The summed E-state index contributed by atoms with van der Waals surface area (Å²) >= 11 is 3.47. The number of rotatable bonds is 3. The number of ether oxygens (including phenoxy) is 1. The van der Waals surface area contributed by atoms with Crippen LogP contribution in [-0.4, -0.2) is 12.5 Å². The van der Waals surface area contributed by atoms with Gasteiger partial charge in [0.1, 0.15) is 5.75 Å². The fourth-order valence-corrected chi connectivity index (χ4v) is 3.09. The molecule has 1 aliphatic heterocycles. The minimum Gasteiger partial charge on any atom is -0.493 e. The number of benzene rings is 2. The van der Waals surface area contributed by atoms with Gasteiger partial charge in [-0.1, -0.05) is 46.3 Å². The van der Waals surface area contributed by atoms with Gasteiger partial charge in [0.05, 0.1) is 12.6 Å². The van der Waals surface area contributed by atoms with Gasteiger partial charge in [-0.15, -0.1) is 0 Å². The number of hydrogen-bond acceptors (Lipinski definition) is 2. The van der Waals surface area contributed by atoms with Gasteiger partial charge >= 0.3 is 0 Å². The first-order valence-electron chi connectivity index (χ1n) is 7.60. The van der Waals surface area contributed by atoms with Gasteiger partial charge in [-0.25, -0.2) is 0 Å². The molecule has 1 N–H and O–H groups in total. The van der Waals surface area contributed by atoms with Crippen molar-refractivity contribution in [2.45, 2.75) is 19.4 Å². The lowest BCUT2D eigenvalue weighted by atomic mass is 10.0. The third-order valence-corrected chi connectivity index (χ3v) is 4.40. The molecule has 0 aromatic heterocycles. The molecule has 2 aromatic rings. The van der Waals surface area contributed by atoms with Crippen LogP contribution in [0.25, 0.3) is 5.57 Å². The monoisotopic (exact) mass is 371 g/mol. The highest BCUT2D eigenvalue weighted by Crippen LogP contribution is 2.34. The molecule has 0 radical (unpaired) electrons. The van der Waals surface area contributed by atoms with Crippen molar-refractivity contribution in [3.8, 4) is 5.75 Å². The van der Waals surface area contributed by atoms with E-state index in [0.29, 0.717) is 6.61 Å². The lowest BCUT2D eigenvalue weighted by Crippen LogP contribution is -2.31. The minimum absolute atomic E-state index is 0.0245. The Hall–Kier alpha value is -2.07. The van der Waals surface area contributed by atoms with Crippen LogP contribution in [0.1, 0.15) is 30.5 Å². The Labute approximate surface area is 144 Å². The normalized spacial score (nSPS) is 17.1. The van der Waals surface area contributed by atoms with Crippen molar-refractivity contribution in [3.63, 3.8) is 0 Å². The highest BCUT2D eigenvalue weighted by atomic mass is 79.9. The summed E-state index contributed by atoms with van der Waals surface area (Å²) in [6, 6.07) is 15.8. The number of fused-ring (bicyclic) bond motifs is 1. The van der Waals surface area contributed by atoms with Crippen LogP contribution in [0.15, 0.2) is 59.1 Å². The van der Waals surface area contributed by atoms with E-state index in [1.807, 2.05) is 55.5 Å². The molecule has 1 unspecified atom stereocenters.